The molecule has 0 aliphatic heterocycles. The number of hydrogen-bond acceptors (Lipinski definition) is 8. The highest BCUT2D eigenvalue weighted by atomic mass is 16.5. The average molecular weight is 529 g/mol. The molecule has 2 rings (SSSR count). The van der Waals surface area contributed by atoms with Crippen LogP contribution < -0.4 is 0 Å². The van der Waals surface area contributed by atoms with Gasteiger partial charge in [-0.05, 0) is 64.5 Å². The van der Waals surface area contributed by atoms with E-state index in [0.29, 0.717) is 19.3 Å². The smallest absolute Gasteiger partial charge is 0.374 e. The van der Waals surface area contributed by atoms with Gasteiger partial charge >= 0.3 is 12.1 Å². The van der Waals surface area contributed by atoms with Gasteiger partial charge in [-0.3, -0.25) is 9.59 Å². The number of carbonyl (C=O) groups excluding carboxylic acids is 6. The number of ether oxygens (including phenoxy) is 1. The molecule has 208 valence electrons. The van der Waals surface area contributed by atoms with E-state index >= 15 is 0 Å². The molecule has 2 aromatic rings. The van der Waals surface area contributed by atoms with Crippen molar-refractivity contribution < 1.29 is 38.6 Å². The van der Waals surface area contributed by atoms with Crippen molar-refractivity contribution in [3.8, 4) is 0 Å². The first-order valence-corrected chi connectivity index (χ1v) is 12.4. The third kappa shape index (κ3) is 21.5. The summed E-state index contributed by atoms with van der Waals surface area (Å²) in [7, 11) is 0. The predicted molar refractivity (Wildman–Crippen MR) is 143 cm³/mol. The first-order chi connectivity index (χ1) is 17.9. The SMILES string of the molecule is CC(C)=O.CCOC(=O)C(=O)CCc1ccccc1.CC[C@](O)(CCc1ccccc1)CC(C)=O.O=C=O. The Morgan fingerprint density at radius 3 is 1.61 bits per heavy atom. The van der Waals surface area contributed by atoms with Crippen molar-refractivity contribution in [3.63, 3.8) is 0 Å². The van der Waals surface area contributed by atoms with Crippen molar-refractivity contribution in [2.75, 3.05) is 6.61 Å². The van der Waals surface area contributed by atoms with Crippen LogP contribution in [-0.4, -0.2) is 46.8 Å². The van der Waals surface area contributed by atoms with Gasteiger partial charge in [0.05, 0.1) is 12.2 Å². The second kappa shape index (κ2) is 22.5. The minimum Gasteiger partial charge on any atom is -0.460 e. The Morgan fingerprint density at radius 1 is 0.816 bits per heavy atom. The van der Waals surface area contributed by atoms with Crippen LogP contribution in [0.15, 0.2) is 60.7 Å². The highest BCUT2D eigenvalue weighted by molar-refractivity contribution is 6.33. The first kappa shape index (κ1) is 36.4. The number of carbonyl (C=O) groups is 4. The largest absolute Gasteiger partial charge is 0.460 e. The molecule has 8 heteroatoms. The van der Waals surface area contributed by atoms with E-state index in [2.05, 4.69) is 4.74 Å². The molecule has 0 amide bonds. The van der Waals surface area contributed by atoms with Gasteiger partial charge in [0.2, 0.25) is 5.78 Å². The highest BCUT2D eigenvalue weighted by Gasteiger charge is 2.25. The second-order valence-electron chi connectivity index (χ2n) is 8.56. The van der Waals surface area contributed by atoms with Gasteiger partial charge in [0.1, 0.15) is 11.6 Å². The Bertz CT molecular complexity index is 976. The fourth-order valence-electron chi connectivity index (χ4n) is 3.09. The van der Waals surface area contributed by atoms with Crippen molar-refractivity contribution in [1.29, 1.82) is 0 Å². The molecule has 0 aromatic heterocycles. The van der Waals surface area contributed by atoms with E-state index in [1.165, 1.54) is 26.3 Å². The first-order valence-electron chi connectivity index (χ1n) is 12.4. The van der Waals surface area contributed by atoms with Crippen LogP contribution in [0.25, 0.3) is 0 Å². The Balaban J connectivity index is 0. The Morgan fingerprint density at radius 2 is 1.24 bits per heavy atom. The van der Waals surface area contributed by atoms with Gasteiger partial charge in [-0.25, -0.2) is 4.79 Å². The maximum absolute atomic E-state index is 11.2. The number of rotatable bonds is 11. The van der Waals surface area contributed by atoms with E-state index in [4.69, 9.17) is 9.59 Å². The Kier molecular flexibility index (Phi) is 21.5. The summed E-state index contributed by atoms with van der Waals surface area (Å²) in [4.78, 5) is 59.0. The maximum atomic E-state index is 11.2. The number of esters is 1. The minimum absolute atomic E-state index is 0.0532. The standard InChI is InChI=1S/C14H20O2.C12H14O3.C3H6O.CO2/c1-3-14(16,11-12(2)15)10-9-13-7-5-4-6-8-13;1-2-15-12(14)11(13)9-8-10-6-4-3-5-7-10;1-3(2)4;2-1-3/h4-8,16H,3,9-11H2,1-2H3;3-7H,2,8-9H2,1H3;1-2H3;/t14-;;;/m0.../s1. The van der Waals surface area contributed by atoms with Crippen molar-refractivity contribution in [1.82, 2.24) is 0 Å². The molecule has 0 saturated carbocycles. The highest BCUT2D eigenvalue weighted by Crippen LogP contribution is 2.22. The molecule has 0 bridgehead atoms. The molecule has 0 spiro atoms. The molecule has 0 saturated heterocycles. The average Bonchev–Trinajstić information content (AvgIpc) is 2.87. The van der Waals surface area contributed by atoms with Crippen LogP contribution in [0.1, 0.15) is 71.4 Å². The zero-order valence-corrected chi connectivity index (χ0v) is 23.0. The molecule has 0 aliphatic rings. The summed E-state index contributed by atoms with van der Waals surface area (Å²) in [5, 5.41) is 10.2. The molecule has 0 unspecified atom stereocenters. The summed E-state index contributed by atoms with van der Waals surface area (Å²) in [6, 6.07) is 19.6. The van der Waals surface area contributed by atoms with Crippen LogP contribution in [0, 0.1) is 0 Å². The lowest BCUT2D eigenvalue weighted by atomic mass is 9.88. The fraction of sp³-hybridized carbons (Fsp3) is 0.433. The number of aliphatic hydroxyl groups is 1. The van der Waals surface area contributed by atoms with Gasteiger partial charge in [0.15, 0.2) is 0 Å². The molecule has 0 fully saturated rings. The third-order valence-corrected chi connectivity index (χ3v) is 4.94. The molecule has 0 heterocycles. The summed E-state index contributed by atoms with van der Waals surface area (Å²) in [5.74, 6) is -0.966. The number of ketones is 3. The van der Waals surface area contributed by atoms with Gasteiger partial charge in [0.25, 0.3) is 0 Å². The predicted octanol–water partition coefficient (Wildman–Crippen LogP) is 4.50. The quantitative estimate of drug-likeness (QED) is 0.333. The molecule has 1 N–H and O–H groups in total. The van der Waals surface area contributed by atoms with E-state index in [0.717, 1.165) is 12.0 Å². The van der Waals surface area contributed by atoms with Gasteiger partial charge in [-0.2, -0.15) is 9.59 Å². The van der Waals surface area contributed by atoms with Crippen LogP contribution in [0.2, 0.25) is 0 Å². The van der Waals surface area contributed by atoms with Crippen LogP contribution in [0.3, 0.4) is 0 Å². The number of hydrogen-bond donors (Lipinski definition) is 1. The monoisotopic (exact) mass is 528 g/mol. The van der Waals surface area contributed by atoms with Crippen LogP contribution in [0.5, 0.6) is 0 Å². The van der Waals surface area contributed by atoms with Crippen LogP contribution >= 0.6 is 0 Å². The van der Waals surface area contributed by atoms with E-state index in [9.17, 15) is 24.3 Å². The van der Waals surface area contributed by atoms with Crippen molar-refractivity contribution >= 4 is 29.5 Å². The molecular weight excluding hydrogens is 488 g/mol. The van der Waals surface area contributed by atoms with E-state index in [-0.39, 0.29) is 37.2 Å². The van der Waals surface area contributed by atoms with Gasteiger partial charge in [0, 0.05) is 12.8 Å². The topological polar surface area (TPSA) is 132 Å². The second-order valence-corrected chi connectivity index (χ2v) is 8.56. The Labute approximate surface area is 225 Å². The molecule has 0 radical (unpaired) electrons. The lowest BCUT2D eigenvalue weighted by Crippen LogP contribution is -2.30. The van der Waals surface area contributed by atoms with Crippen LogP contribution in [-0.2, 0) is 46.3 Å². The summed E-state index contributed by atoms with van der Waals surface area (Å²) in [6.07, 6.45) is 3.39. The lowest BCUT2D eigenvalue weighted by Gasteiger charge is -2.25. The molecule has 1 atom stereocenters. The maximum Gasteiger partial charge on any atom is 0.374 e. The molecular formula is C30H40O8. The summed E-state index contributed by atoms with van der Waals surface area (Å²) in [5.41, 5.74) is 1.43. The fourth-order valence-corrected chi connectivity index (χ4v) is 3.09. The molecule has 2 aromatic carbocycles. The van der Waals surface area contributed by atoms with Gasteiger partial charge < -0.3 is 14.6 Å². The Hall–Kier alpha value is -3.74. The van der Waals surface area contributed by atoms with Crippen LogP contribution in [0.4, 0.5) is 0 Å². The van der Waals surface area contributed by atoms with E-state index < -0.39 is 17.4 Å². The number of aryl methyl sites for hydroxylation is 2. The zero-order valence-electron chi connectivity index (χ0n) is 23.0. The van der Waals surface area contributed by atoms with Crippen molar-refractivity contribution in [3.05, 3.63) is 71.8 Å². The lowest BCUT2D eigenvalue weighted by molar-refractivity contribution is -0.191. The van der Waals surface area contributed by atoms with Crippen molar-refractivity contribution in [2.24, 2.45) is 0 Å². The minimum atomic E-state index is -0.832. The van der Waals surface area contributed by atoms with E-state index in [1.54, 1.807) is 6.92 Å². The van der Waals surface area contributed by atoms with E-state index in [1.807, 2.05) is 67.6 Å². The van der Waals surface area contributed by atoms with Gasteiger partial charge in [-0.1, -0.05) is 67.6 Å². The normalized spacial score (nSPS) is 10.8. The summed E-state index contributed by atoms with van der Waals surface area (Å²) < 4.78 is 4.60. The molecule has 0 aliphatic carbocycles. The third-order valence-electron chi connectivity index (χ3n) is 4.94. The molecule has 8 nitrogen and oxygen atoms in total. The van der Waals surface area contributed by atoms with Crippen molar-refractivity contribution in [2.45, 2.75) is 78.7 Å². The molecule has 38 heavy (non-hydrogen) atoms. The number of benzene rings is 2. The summed E-state index contributed by atoms with van der Waals surface area (Å²) in [6.45, 7) is 8.44. The number of Topliss-reactive ketones (excluding diaryl/α,β-unsaturated/α-hetero) is 3. The van der Waals surface area contributed by atoms with Gasteiger partial charge in [-0.15, -0.1) is 0 Å². The zero-order chi connectivity index (χ0) is 29.4. The summed E-state index contributed by atoms with van der Waals surface area (Å²) >= 11 is 0.